The van der Waals surface area contributed by atoms with Crippen molar-refractivity contribution in [2.75, 3.05) is 10.6 Å². The summed E-state index contributed by atoms with van der Waals surface area (Å²) in [6, 6.07) is 1.52. The van der Waals surface area contributed by atoms with Gasteiger partial charge in [-0.2, -0.15) is 0 Å². The highest BCUT2D eigenvalue weighted by atomic mass is 32.1. The summed E-state index contributed by atoms with van der Waals surface area (Å²) in [5.74, 6) is -2.01. The van der Waals surface area contributed by atoms with E-state index in [9.17, 15) is 14.4 Å². The topological polar surface area (TPSA) is 124 Å². The normalized spacial score (nSPS) is 10.2. The van der Waals surface area contributed by atoms with Gasteiger partial charge in [0.25, 0.3) is 5.91 Å². The molecule has 8 nitrogen and oxygen atoms in total. The molecule has 0 aliphatic carbocycles. The van der Waals surface area contributed by atoms with Crippen LogP contribution in [0.3, 0.4) is 0 Å². The van der Waals surface area contributed by atoms with E-state index in [0.717, 1.165) is 11.3 Å². The summed E-state index contributed by atoms with van der Waals surface area (Å²) >= 11 is 1.10. The molecule has 0 unspecified atom stereocenters. The number of amides is 2. The molecule has 0 spiro atoms. The number of carbonyl (C=O) groups excluding carboxylic acids is 2. The van der Waals surface area contributed by atoms with Crippen LogP contribution in [0, 0.1) is 6.92 Å². The van der Waals surface area contributed by atoms with Crippen molar-refractivity contribution in [1.82, 2.24) is 9.97 Å². The number of thiazole rings is 1. The Morgan fingerprint density at radius 3 is 2.67 bits per heavy atom. The molecule has 110 valence electrons. The molecule has 0 aliphatic rings. The van der Waals surface area contributed by atoms with Gasteiger partial charge in [-0.1, -0.05) is 0 Å². The summed E-state index contributed by atoms with van der Waals surface area (Å²) in [5.41, 5.74) is 0.774. The quantitative estimate of drug-likeness (QED) is 0.684. The average molecular weight is 308 g/mol. The Morgan fingerprint density at radius 1 is 1.33 bits per heavy atom. The van der Waals surface area contributed by atoms with Crippen LogP contribution in [0.2, 0.25) is 0 Å². The second-order valence-corrected chi connectivity index (χ2v) is 5.08. The fourth-order valence-electron chi connectivity index (χ4n) is 1.63. The van der Waals surface area contributed by atoms with Crippen LogP contribution in [0.4, 0.5) is 10.8 Å². The molecule has 9 heteroatoms. The van der Waals surface area contributed by atoms with Crippen molar-refractivity contribution < 1.29 is 19.5 Å². The van der Waals surface area contributed by atoms with Crippen LogP contribution in [0.1, 0.15) is 33.6 Å². The van der Waals surface area contributed by atoms with Crippen LogP contribution in [0.5, 0.6) is 0 Å². The van der Waals surface area contributed by atoms with Crippen molar-refractivity contribution in [1.29, 1.82) is 0 Å². The molecule has 0 radical (unpaired) electrons. The molecule has 21 heavy (non-hydrogen) atoms. The summed E-state index contributed by atoms with van der Waals surface area (Å²) in [6.07, 6.45) is 0. The highest BCUT2D eigenvalue weighted by Crippen LogP contribution is 2.20. The third-order valence-electron chi connectivity index (χ3n) is 2.43. The molecule has 2 amide bonds. The van der Waals surface area contributed by atoms with E-state index in [4.69, 9.17) is 5.11 Å². The monoisotopic (exact) mass is 308 g/mol. The summed E-state index contributed by atoms with van der Waals surface area (Å²) < 4.78 is 0. The van der Waals surface area contributed by atoms with E-state index in [1.807, 2.05) is 0 Å². The highest BCUT2D eigenvalue weighted by Gasteiger charge is 2.18. The van der Waals surface area contributed by atoms with Crippen molar-refractivity contribution in [3.63, 3.8) is 0 Å². The third-order valence-corrected chi connectivity index (χ3v) is 3.19. The van der Waals surface area contributed by atoms with E-state index in [2.05, 4.69) is 20.6 Å². The van der Waals surface area contributed by atoms with Gasteiger partial charge in [0, 0.05) is 18.0 Å². The fourth-order valence-corrected chi connectivity index (χ4v) is 2.37. The molecule has 0 saturated heterocycles. The molecule has 0 fully saturated rings. The van der Waals surface area contributed by atoms with Crippen LogP contribution in [-0.2, 0) is 4.79 Å². The molecule has 2 rings (SSSR count). The summed E-state index contributed by atoms with van der Waals surface area (Å²) in [7, 11) is 0. The lowest BCUT2D eigenvalue weighted by Gasteiger charge is -2.01. The molecular formula is C12H12N4O4S. The minimum absolute atomic E-state index is 0.0962. The Bertz CT molecular complexity index is 719. The van der Waals surface area contributed by atoms with Crippen LogP contribution in [0.25, 0.3) is 0 Å². The van der Waals surface area contributed by atoms with Gasteiger partial charge < -0.3 is 20.7 Å². The number of aryl methyl sites for hydroxylation is 1. The Kier molecular flexibility index (Phi) is 4.03. The number of anilines is 2. The molecular weight excluding hydrogens is 296 g/mol. The minimum atomic E-state index is -1.17. The molecule has 0 atom stereocenters. The van der Waals surface area contributed by atoms with Crippen LogP contribution >= 0.6 is 11.3 Å². The molecule has 2 heterocycles. The minimum Gasteiger partial charge on any atom is -0.477 e. The number of rotatable bonds is 4. The second kappa shape index (κ2) is 5.75. The predicted molar refractivity (Wildman–Crippen MR) is 76.9 cm³/mol. The second-order valence-electron chi connectivity index (χ2n) is 4.22. The number of carboxylic acids is 1. The van der Waals surface area contributed by atoms with E-state index in [1.54, 1.807) is 6.92 Å². The summed E-state index contributed by atoms with van der Waals surface area (Å²) in [5, 5.41) is 15.7. The van der Waals surface area contributed by atoms with Crippen molar-refractivity contribution in [3.8, 4) is 0 Å². The molecule has 0 aliphatic heterocycles. The van der Waals surface area contributed by atoms with Gasteiger partial charge in [-0.25, -0.2) is 9.78 Å². The maximum absolute atomic E-state index is 12.0. The van der Waals surface area contributed by atoms with Crippen molar-refractivity contribution in [3.05, 3.63) is 28.5 Å². The maximum Gasteiger partial charge on any atom is 0.354 e. The first-order valence-corrected chi connectivity index (χ1v) is 6.72. The molecule has 2 aromatic heterocycles. The molecule has 0 bridgehead atoms. The van der Waals surface area contributed by atoms with Gasteiger partial charge in [0.1, 0.15) is 11.4 Å². The Morgan fingerprint density at radius 2 is 2.05 bits per heavy atom. The number of hydrogen-bond acceptors (Lipinski definition) is 5. The first-order chi connectivity index (χ1) is 9.86. The lowest BCUT2D eigenvalue weighted by atomic mass is 10.3. The first-order valence-electron chi connectivity index (χ1n) is 5.84. The summed E-state index contributed by atoms with van der Waals surface area (Å²) in [6.45, 7) is 3.02. The number of aromatic nitrogens is 2. The van der Waals surface area contributed by atoms with Gasteiger partial charge in [0.05, 0.1) is 5.69 Å². The van der Waals surface area contributed by atoms with Crippen molar-refractivity contribution in [2.45, 2.75) is 13.8 Å². The van der Waals surface area contributed by atoms with Gasteiger partial charge in [-0.05, 0) is 13.0 Å². The SMILES string of the molecule is CC(=O)Nc1nc(C(=O)Nc2cc(C)[nH]c2C(=O)O)cs1. The zero-order chi connectivity index (χ0) is 15.6. The Balaban J connectivity index is 2.16. The smallest absolute Gasteiger partial charge is 0.354 e. The van der Waals surface area contributed by atoms with Gasteiger partial charge in [-0.15, -0.1) is 11.3 Å². The van der Waals surface area contributed by atoms with Crippen LogP contribution < -0.4 is 10.6 Å². The molecule has 0 aromatic carbocycles. The van der Waals surface area contributed by atoms with Crippen LogP contribution in [-0.4, -0.2) is 32.9 Å². The Labute approximate surface area is 123 Å². The number of aromatic carboxylic acids is 1. The van der Waals surface area contributed by atoms with Crippen molar-refractivity contribution in [2.24, 2.45) is 0 Å². The van der Waals surface area contributed by atoms with Gasteiger partial charge in [-0.3, -0.25) is 9.59 Å². The zero-order valence-corrected chi connectivity index (χ0v) is 12.0. The zero-order valence-electron chi connectivity index (χ0n) is 11.2. The van der Waals surface area contributed by atoms with Gasteiger partial charge >= 0.3 is 5.97 Å². The third kappa shape index (κ3) is 3.45. The lowest BCUT2D eigenvalue weighted by Crippen LogP contribution is -2.15. The number of nitrogens with one attached hydrogen (secondary N) is 3. The predicted octanol–water partition coefficient (Wildman–Crippen LogP) is 1.69. The number of nitrogens with zero attached hydrogens (tertiary/aromatic N) is 1. The molecule has 4 N–H and O–H groups in total. The summed E-state index contributed by atoms with van der Waals surface area (Å²) in [4.78, 5) is 40.5. The number of carbonyl (C=O) groups is 3. The standard InChI is InChI=1S/C12H12N4O4S/c1-5-3-7(9(13-5)11(19)20)15-10(18)8-4-21-12(16-8)14-6(2)17/h3-4,13H,1-2H3,(H,15,18)(H,19,20)(H,14,16,17). The van der Waals surface area contributed by atoms with E-state index < -0.39 is 11.9 Å². The molecule has 2 aromatic rings. The number of aromatic amines is 1. The van der Waals surface area contributed by atoms with E-state index in [0.29, 0.717) is 10.8 Å². The van der Waals surface area contributed by atoms with E-state index in [1.165, 1.54) is 18.4 Å². The van der Waals surface area contributed by atoms with Crippen LogP contribution in [0.15, 0.2) is 11.4 Å². The number of hydrogen-bond donors (Lipinski definition) is 4. The number of carboxylic acid groups (broad SMARTS) is 1. The Hall–Kier alpha value is -2.68. The molecule has 0 saturated carbocycles. The van der Waals surface area contributed by atoms with E-state index in [-0.39, 0.29) is 23.0 Å². The average Bonchev–Trinajstić information content (AvgIpc) is 2.95. The van der Waals surface area contributed by atoms with Crippen molar-refractivity contribution >= 4 is 39.9 Å². The van der Waals surface area contributed by atoms with E-state index >= 15 is 0 Å². The fraction of sp³-hybridized carbons (Fsp3) is 0.167. The number of H-pyrrole nitrogens is 1. The van der Waals surface area contributed by atoms with Gasteiger partial charge in [0.15, 0.2) is 5.13 Å². The lowest BCUT2D eigenvalue weighted by molar-refractivity contribution is -0.114. The first kappa shape index (κ1) is 14.7. The maximum atomic E-state index is 12.0. The largest absolute Gasteiger partial charge is 0.477 e. The highest BCUT2D eigenvalue weighted by molar-refractivity contribution is 7.14. The van der Waals surface area contributed by atoms with Gasteiger partial charge in [0.2, 0.25) is 5.91 Å².